The lowest BCUT2D eigenvalue weighted by Crippen LogP contribution is -2.02. The highest BCUT2D eigenvalue weighted by Gasteiger charge is 2.03. The third kappa shape index (κ3) is 2.46. The summed E-state index contributed by atoms with van der Waals surface area (Å²) < 4.78 is 0. The molecule has 0 amide bonds. The van der Waals surface area contributed by atoms with E-state index in [0.717, 1.165) is 16.6 Å². The van der Waals surface area contributed by atoms with Crippen molar-refractivity contribution in [1.82, 2.24) is 19.9 Å². The van der Waals surface area contributed by atoms with Crippen molar-refractivity contribution in [2.45, 2.75) is 6.54 Å². The monoisotopic (exact) mass is 309 g/mol. The number of halogens is 1. The van der Waals surface area contributed by atoms with Crippen LogP contribution in [0.2, 0.25) is 5.15 Å². The largest absolute Gasteiger partial charge is 0.365 e. The molecule has 5 nitrogen and oxygen atoms in total. The fraction of sp³-hybridized carbons (Fsp3) is 0.0625. The number of nitrogens with one attached hydrogen (secondary N) is 2. The second kappa shape index (κ2) is 5.27. The Hall–Kier alpha value is -2.66. The normalized spacial score (nSPS) is 11.1. The van der Waals surface area contributed by atoms with Gasteiger partial charge < -0.3 is 10.3 Å². The number of aromatic nitrogens is 4. The van der Waals surface area contributed by atoms with E-state index < -0.39 is 0 Å². The number of nitrogens with zero attached hydrogens (tertiary/aromatic N) is 3. The fourth-order valence-electron chi connectivity index (χ4n) is 2.36. The van der Waals surface area contributed by atoms with Crippen LogP contribution < -0.4 is 5.32 Å². The van der Waals surface area contributed by atoms with Crippen LogP contribution in [-0.4, -0.2) is 19.9 Å². The maximum atomic E-state index is 5.89. The molecule has 0 spiro atoms. The molecular formula is C16H12ClN5. The number of fused-ring (bicyclic) bond motifs is 2. The summed E-state index contributed by atoms with van der Waals surface area (Å²) in [5.74, 6) is 0.675. The molecular weight excluding hydrogens is 298 g/mol. The van der Waals surface area contributed by atoms with Crippen LogP contribution in [-0.2, 0) is 6.54 Å². The first-order valence-electron chi connectivity index (χ1n) is 6.87. The van der Waals surface area contributed by atoms with Crippen molar-refractivity contribution in [3.63, 3.8) is 0 Å². The first-order chi connectivity index (χ1) is 10.8. The van der Waals surface area contributed by atoms with Crippen molar-refractivity contribution in [3.05, 3.63) is 59.5 Å². The van der Waals surface area contributed by atoms with E-state index in [1.807, 2.05) is 6.20 Å². The molecule has 0 bridgehead atoms. The van der Waals surface area contributed by atoms with E-state index >= 15 is 0 Å². The first kappa shape index (κ1) is 13.0. The van der Waals surface area contributed by atoms with Crippen LogP contribution in [0.15, 0.2) is 48.8 Å². The fourth-order valence-corrected chi connectivity index (χ4v) is 2.50. The molecule has 0 radical (unpaired) electrons. The Morgan fingerprint density at radius 1 is 1.09 bits per heavy atom. The SMILES string of the molecule is Clc1ccc2ncc(NCc3ccc4cc[nH]c4c3)nc2n1. The van der Waals surface area contributed by atoms with Gasteiger partial charge in [0.25, 0.3) is 0 Å². The van der Waals surface area contributed by atoms with Gasteiger partial charge >= 0.3 is 0 Å². The zero-order chi connectivity index (χ0) is 14.9. The molecule has 1 aromatic carbocycles. The Kier molecular flexibility index (Phi) is 3.12. The van der Waals surface area contributed by atoms with Crippen molar-refractivity contribution in [3.8, 4) is 0 Å². The van der Waals surface area contributed by atoms with Gasteiger partial charge in [-0.15, -0.1) is 0 Å². The number of hydrogen-bond acceptors (Lipinski definition) is 4. The topological polar surface area (TPSA) is 66.5 Å². The highest BCUT2D eigenvalue weighted by molar-refractivity contribution is 6.29. The summed E-state index contributed by atoms with van der Waals surface area (Å²) in [6.07, 6.45) is 3.64. The number of hydrogen-bond donors (Lipinski definition) is 2. The quantitative estimate of drug-likeness (QED) is 0.565. The summed E-state index contributed by atoms with van der Waals surface area (Å²) in [6, 6.07) is 11.9. The summed E-state index contributed by atoms with van der Waals surface area (Å²) >= 11 is 5.89. The van der Waals surface area contributed by atoms with Crippen LogP contribution in [0.1, 0.15) is 5.56 Å². The predicted octanol–water partition coefficient (Wildman–Crippen LogP) is 3.77. The van der Waals surface area contributed by atoms with E-state index in [1.54, 1.807) is 18.3 Å². The molecule has 3 aromatic heterocycles. The van der Waals surface area contributed by atoms with Gasteiger partial charge in [0.05, 0.1) is 6.20 Å². The number of H-pyrrole nitrogens is 1. The van der Waals surface area contributed by atoms with Gasteiger partial charge in [-0.05, 0) is 35.2 Å². The molecule has 6 heteroatoms. The number of rotatable bonds is 3. The minimum atomic E-state index is 0.413. The molecule has 0 unspecified atom stereocenters. The third-order valence-electron chi connectivity index (χ3n) is 3.47. The van der Waals surface area contributed by atoms with Crippen molar-refractivity contribution >= 4 is 39.5 Å². The Morgan fingerprint density at radius 3 is 3.00 bits per heavy atom. The van der Waals surface area contributed by atoms with Crippen LogP contribution in [0, 0.1) is 0 Å². The Bertz CT molecular complexity index is 963. The van der Waals surface area contributed by atoms with Gasteiger partial charge in [-0.1, -0.05) is 23.7 Å². The third-order valence-corrected chi connectivity index (χ3v) is 3.68. The Labute approximate surface area is 131 Å². The van der Waals surface area contributed by atoms with Gasteiger partial charge in [-0.3, -0.25) is 0 Å². The van der Waals surface area contributed by atoms with Crippen molar-refractivity contribution < 1.29 is 0 Å². The molecule has 0 fully saturated rings. The van der Waals surface area contributed by atoms with Crippen LogP contribution in [0.3, 0.4) is 0 Å². The van der Waals surface area contributed by atoms with E-state index in [1.165, 1.54) is 5.39 Å². The van der Waals surface area contributed by atoms with Gasteiger partial charge in [-0.25, -0.2) is 15.0 Å². The van der Waals surface area contributed by atoms with Crippen molar-refractivity contribution in [2.75, 3.05) is 5.32 Å². The van der Waals surface area contributed by atoms with Gasteiger partial charge in [0, 0.05) is 18.3 Å². The molecule has 4 aromatic rings. The average Bonchev–Trinajstić information content (AvgIpc) is 3.00. The van der Waals surface area contributed by atoms with E-state index in [0.29, 0.717) is 23.2 Å². The summed E-state index contributed by atoms with van der Waals surface area (Å²) in [5, 5.41) is 4.87. The number of pyridine rings is 1. The van der Waals surface area contributed by atoms with Crippen LogP contribution >= 0.6 is 11.6 Å². The van der Waals surface area contributed by atoms with Gasteiger partial charge in [-0.2, -0.15) is 0 Å². The standard InChI is InChI=1S/C16H12ClN5/c17-14-4-3-12-16(21-14)22-15(9-19-12)20-8-10-1-2-11-5-6-18-13(11)7-10/h1-7,9,18H,8H2,(H,20,21,22). The minimum absolute atomic E-state index is 0.413. The molecule has 4 rings (SSSR count). The lowest BCUT2D eigenvalue weighted by molar-refractivity contribution is 1.10. The Morgan fingerprint density at radius 2 is 2.05 bits per heavy atom. The van der Waals surface area contributed by atoms with Crippen LogP contribution in [0.4, 0.5) is 5.82 Å². The molecule has 108 valence electrons. The molecule has 0 aliphatic heterocycles. The number of benzene rings is 1. The molecule has 0 atom stereocenters. The molecule has 2 N–H and O–H groups in total. The highest BCUT2D eigenvalue weighted by atomic mass is 35.5. The van der Waals surface area contributed by atoms with Crippen LogP contribution in [0.25, 0.3) is 22.1 Å². The predicted molar refractivity (Wildman–Crippen MR) is 88.0 cm³/mol. The van der Waals surface area contributed by atoms with E-state index in [9.17, 15) is 0 Å². The van der Waals surface area contributed by atoms with Crippen molar-refractivity contribution in [2.24, 2.45) is 0 Å². The summed E-state index contributed by atoms with van der Waals surface area (Å²) in [4.78, 5) is 16.1. The highest BCUT2D eigenvalue weighted by Crippen LogP contribution is 2.16. The van der Waals surface area contributed by atoms with E-state index in [4.69, 9.17) is 11.6 Å². The molecule has 22 heavy (non-hydrogen) atoms. The van der Waals surface area contributed by atoms with Crippen molar-refractivity contribution in [1.29, 1.82) is 0 Å². The summed E-state index contributed by atoms with van der Waals surface area (Å²) in [5.41, 5.74) is 3.55. The van der Waals surface area contributed by atoms with Gasteiger partial charge in [0.15, 0.2) is 5.65 Å². The number of anilines is 1. The molecule has 0 aliphatic rings. The number of aromatic amines is 1. The molecule has 0 saturated carbocycles. The summed E-state index contributed by atoms with van der Waals surface area (Å²) in [7, 11) is 0. The molecule has 0 saturated heterocycles. The maximum Gasteiger partial charge on any atom is 0.181 e. The second-order valence-corrected chi connectivity index (χ2v) is 5.37. The second-order valence-electron chi connectivity index (χ2n) is 4.98. The smallest absolute Gasteiger partial charge is 0.181 e. The molecule has 3 heterocycles. The lowest BCUT2D eigenvalue weighted by atomic mass is 10.1. The summed E-state index contributed by atoms with van der Waals surface area (Å²) in [6.45, 7) is 0.662. The van der Waals surface area contributed by atoms with E-state index in [2.05, 4.69) is 49.5 Å². The zero-order valence-electron chi connectivity index (χ0n) is 11.5. The average molecular weight is 310 g/mol. The van der Waals surface area contributed by atoms with Crippen LogP contribution in [0.5, 0.6) is 0 Å². The van der Waals surface area contributed by atoms with Gasteiger partial charge in [0.2, 0.25) is 0 Å². The minimum Gasteiger partial charge on any atom is -0.365 e. The lowest BCUT2D eigenvalue weighted by Gasteiger charge is -2.06. The van der Waals surface area contributed by atoms with E-state index in [-0.39, 0.29) is 0 Å². The Balaban J connectivity index is 1.57. The first-order valence-corrected chi connectivity index (χ1v) is 7.25. The van der Waals surface area contributed by atoms with Gasteiger partial charge in [0.1, 0.15) is 16.5 Å². The molecule has 0 aliphatic carbocycles. The maximum absolute atomic E-state index is 5.89. The zero-order valence-corrected chi connectivity index (χ0v) is 12.3.